The standard InChI is InChI=1S/C21H19N5O3S/c22-16-19(27)26-17(15(11-24-25-23)12-30-20(16)26)21(28)29-18(13-7-3-1-4-8-13)14-9-5-2-6-10-14/h1-10,16,18,20H,11-12,22H2/t16?,20-/m1/s1. The first-order valence-corrected chi connectivity index (χ1v) is 10.4. The molecule has 2 N–H and O–H groups in total. The van der Waals surface area contributed by atoms with E-state index in [-0.39, 0.29) is 23.5 Å². The quantitative estimate of drug-likeness (QED) is 0.252. The van der Waals surface area contributed by atoms with Gasteiger partial charge in [-0.15, -0.1) is 11.8 Å². The summed E-state index contributed by atoms with van der Waals surface area (Å²) < 4.78 is 5.93. The van der Waals surface area contributed by atoms with Gasteiger partial charge in [-0.2, -0.15) is 0 Å². The number of nitrogens with two attached hydrogens (primary N) is 1. The maximum Gasteiger partial charge on any atom is 0.356 e. The van der Waals surface area contributed by atoms with Crippen molar-refractivity contribution in [2.45, 2.75) is 17.5 Å². The summed E-state index contributed by atoms with van der Waals surface area (Å²) >= 11 is 1.45. The molecule has 1 fully saturated rings. The Kier molecular flexibility index (Phi) is 5.76. The minimum absolute atomic E-state index is 0.0129. The summed E-state index contributed by atoms with van der Waals surface area (Å²) in [6, 6.07) is 18.1. The Morgan fingerprint density at radius 2 is 1.80 bits per heavy atom. The highest BCUT2D eigenvalue weighted by Gasteiger charge is 2.52. The summed E-state index contributed by atoms with van der Waals surface area (Å²) in [5.74, 6) is -0.539. The first-order chi connectivity index (χ1) is 14.6. The van der Waals surface area contributed by atoms with Crippen molar-refractivity contribution in [1.82, 2.24) is 4.90 Å². The molecule has 1 amide bonds. The number of benzene rings is 2. The van der Waals surface area contributed by atoms with Gasteiger partial charge >= 0.3 is 5.97 Å². The number of azide groups is 1. The van der Waals surface area contributed by atoms with Crippen molar-refractivity contribution >= 4 is 23.6 Å². The third-order valence-electron chi connectivity index (χ3n) is 5.04. The second-order valence-electron chi connectivity index (χ2n) is 6.88. The largest absolute Gasteiger partial charge is 0.448 e. The lowest BCUT2D eigenvalue weighted by Gasteiger charge is -2.48. The molecule has 2 atom stereocenters. The van der Waals surface area contributed by atoms with Crippen LogP contribution in [0.4, 0.5) is 0 Å². The molecule has 152 valence electrons. The molecule has 8 nitrogen and oxygen atoms in total. The normalized spacial score (nSPS) is 20.3. The fourth-order valence-corrected chi connectivity index (χ4v) is 4.84. The lowest BCUT2D eigenvalue weighted by Crippen LogP contribution is -2.68. The number of nitrogens with zero attached hydrogens (tertiary/aromatic N) is 4. The highest BCUT2D eigenvalue weighted by molar-refractivity contribution is 8.00. The minimum atomic E-state index is -0.655. The Morgan fingerprint density at radius 1 is 1.20 bits per heavy atom. The van der Waals surface area contributed by atoms with Crippen LogP contribution in [0.1, 0.15) is 17.2 Å². The fraction of sp³-hybridized carbons (Fsp3) is 0.238. The summed E-state index contributed by atoms with van der Waals surface area (Å²) in [5.41, 5.74) is 16.9. The van der Waals surface area contributed by atoms with Gasteiger partial charge in [-0.25, -0.2) is 4.79 Å². The maximum absolute atomic E-state index is 13.3. The van der Waals surface area contributed by atoms with E-state index in [1.807, 2.05) is 60.7 Å². The summed E-state index contributed by atoms with van der Waals surface area (Å²) in [4.78, 5) is 29.9. The molecule has 2 heterocycles. The summed E-state index contributed by atoms with van der Waals surface area (Å²) in [7, 11) is 0. The number of thioether (sulfide) groups is 1. The number of carbonyl (C=O) groups excluding carboxylic acids is 2. The topological polar surface area (TPSA) is 121 Å². The molecule has 0 spiro atoms. The number of ether oxygens (including phenoxy) is 1. The number of β-lactam (4-membered cyclic amide) rings is 1. The molecular formula is C21H19N5O3S. The van der Waals surface area contributed by atoms with Crippen LogP contribution in [0, 0.1) is 0 Å². The van der Waals surface area contributed by atoms with Crippen LogP contribution in [0.2, 0.25) is 0 Å². The number of esters is 1. The average Bonchev–Trinajstić information content (AvgIpc) is 2.81. The molecule has 1 unspecified atom stereocenters. The van der Waals surface area contributed by atoms with Crippen LogP contribution in [0.5, 0.6) is 0 Å². The predicted molar refractivity (Wildman–Crippen MR) is 113 cm³/mol. The van der Waals surface area contributed by atoms with Crippen LogP contribution in [0.3, 0.4) is 0 Å². The maximum atomic E-state index is 13.3. The van der Waals surface area contributed by atoms with Crippen LogP contribution in [-0.2, 0) is 14.3 Å². The molecule has 0 radical (unpaired) electrons. The lowest BCUT2D eigenvalue weighted by atomic mass is 10.0. The van der Waals surface area contributed by atoms with Crippen molar-refractivity contribution in [3.8, 4) is 0 Å². The Hall–Kier alpha value is -3.26. The Balaban J connectivity index is 1.70. The number of amides is 1. The average molecular weight is 421 g/mol. The van der Waals surface area contributed by atoms with Gasteiger partial charge in [0.2, 0.25) is 5.91 Å². The highest BCUT2D eigenvalue weighted by atomic mass is 32.2. The van der Waals surface area contributed by atoms with Crippen LogP contribution in [-0.4, -0.2) is 40.5 Å². The molecule has 1 saturated heterocycles. The van der Waals surface area contributed by atoms with Crippen molar-refractivity contribution in [3.05, 3.63) is 93.5 Å². The van der Waals surface area contributed by atoms with Gasteiger partial charge in [0, 0.05) is 10.7 Å². The number of carbonyl (C=O) groups is 2. The smallest absolute Gasteiger partial charge is 0.356 e. The van der Waals surface area contributed by atoms with Gasteiger partial charge < -0.3 is 10.5 Å². The monoisotopic (exact) mass is 421 g/mol. The molecule has 4 rings (SSSR count). The predicted octanol–water partition coefficient (Wildman–Crippen LogP) is 3.13. The Bertz CT molecular complexity index is 998. The third-order valence-corrected chi connectivity index (χ3v) is 6.40. The van der Waals surface area contributed by atoms with Crippen molar-refractivity contribution in [2.75, 3.05) is 12.3 Å². The molecule has 0 aliphatic carbocycles. The van der Waals surface area contributed by atoms with Gasteiger partial charge in [-0.3, -0.25) is 9.69 Å². The van der Waals surface area contributed by atoms with Crippen LogP contribution < -0.4 is 5.73 Å². The number of rotatable bonds is 6. The van der Waals surface area contributed by atoms with E-state index in [0.717, 1.165) is 11.1 Å². The number of hydrogen-bond acceptors (Lipinski definition) is 6. The molecule has 2 aromatic rings. The molecule has 2 aliphatic rings. The molecule has 0 aromatic heterocycles. The molecule has 30 heavy (non-hydrogen) atoms. The van der Waals surface area contributed by atoms with E-state index in [0.29, 0.717) is 11.3 Å². The van der Waals surface area contributed by atoms with Crippen molar-refractivity contribution in [2.24, 2.45) is 10.8 Å². The zero-order valence-electron chi connectivity index (χ0n) is 15.9. The van der Waals surface area contributed by atoms with Crippen molar-refractivity contribution < 1.29 is 14.3 Å². The van der Waals surface area contributed by atoms with E-state index in [1.165, 1.54) is 16.7 Å². The molecule has 0 bridgehead atoms. The van der Waals surface area contributed by atoms with Crippen LogP contribution in [0.15, 0.2) is 77.0 Å². The SMILES string of the molecule is [N-]=[N+]=NCC1=C(C(=O)OC(c2ccccc2)c2ccccc2)N2C(=O)C(N)[C@H]2SC1. The minimum Gasteiger partial charge on any atom is -0.448 e. The Labute approximate surface area is 177 Å². The highest BCUT2D eigenvalue weighted by Crippen LogP contribution is 2.40. The molecular weight excluding hydrogens is 402 g/mol. The molecule has 2 aliphatic heterocycles. The molecule has 9 heteroatoms. The van der Waals surface area contributed by atoms with E-state index >= 15 is 0 Å². The summed E-state index contributed by atoms with van der Waals surface area (Å²) in [5, 5.41) is 3.27. The zero-order valence-corrected chi connectivity index (χ0v) is 16.7. The van der Waals surface area contributed by atoms with Crippen molar-refractivity contribution in [3.63, 3.8) is 0 Å². The first kappa shape index (κ1) is 20.0. The number of fused-ring (bicyclic) bond motifs is 1. The number of hydrogen-bond donors (Lipinski definition) is 1. The molecule has 0 saturated carbocycles. The van der Waals surface area contributed by atoms with Gasteiger partial charge in [0.05, 0.1) is 6.54 Å². The third kappa shape index (κ3) is 3.66. The zero-order chi connectivity index (χ0) is 21.1. The van der Waals surface area contributed by atoms with Gasteiger partial charge in [0.25, 0.3) is 0 Å². The van der Waals surface area contributed by atoms with Gasteiger partial charge in [-0.1, -0.05) is 65.8 Å². The molecule has 2 aromatic carbocycles. The van der Waals surface area contributed by atoms with Gasteiger partial charge in [0.1, 0.15) is 17.1 Å². The van der Waals surface area contributed by atoms with E-state index in [1.54, 1.807) is 0 Å². The Morgan fingerprint density at radius 3 is 2.37 bits per heavy atom. The summed E-state index contributed by atoms with van der Waals surface area (Å²) in [6.45, 7) is -0.0129. The van der Waals surface area contributed by atoms with Gasteiger partial charge in [-0.05, 0) is 22.2 Å². The van der Waals surface area contributed by atoms with E-state index in [4.69, 9.17) is 16.0 Å². The van der Waals surface area contributed by atoms with Crippen LogP contribution >= 0.6 is 11.8 Å². The summed E-state index contributed by atoms with van der Waals surface area (Å²) in [6.07, 6.45) is -0.647. The van der Waals surface area contributed by atoms with Gasteiger partial charge in [0.15, 0.2) is 6.10 Å². The lowest BCUT2D eigenvalue weighted by molar-refractivity contribution is -0.153. The fourth-order valence-electron chi connectivity index (χ4n) is 3.55. The van der Waals surface area contributed by atoms with E-state index < -0.39 is 18.1 Å². The second kappa shape index (κ2) is 8.62. The second-order valence-corrected chi connectivity index (χ2v) is 7.99. The van der Waals surface area contributed by atoms with Crippen molar-refractivity contribution in [1.29, 1.82) is 0 Å². The van der Waals surface area contributed by atoms with E-state index in [2.05, 4.69) is 10.0 Å². The van der Waals surface area contributed by atoms with Crippen LogP contribution in [0.25, 0.3) is 10.4 Å². The van der Waals surface area contributed by atoms with E-state index in [9.17, 15) is 9.59 Å². The first-order valence-electron chi connectivity index (χ1n) is 9.36.